The molecule has 0 aromatic heterocycles. The van der Waals surface area contributed by atoms with Gasteiger partial charge in [-0.15, -0.1) is 0 Å². The van der Waals surface area contributed by atoms with E-state index in [0.29, 0.717) is 5.92 Å². The zero-order chi connectivity index (χ0) is 11.1. The van der Waals surface area contributed by atoms with Gasteiger partial charge in [0.15, 0.2) is 0 Å². The van der Waals surface area contributed by atoms with Gasteiger partial charge in [-0.1, -0.05) is 47.2 Å². The van der Waals surface area contributed by atoms with Gasteiger partial charge in [0.05, 0.1) is 6.10 Å². The molecule has 0 aromatic rings. The normalized spacial score (nSPS) is 18.1. The Morgan fingerprint density at radius 1 is 1.43 bits per heavy atom. The van der Waals surface area contributed by atoms with Crippen LogP contribution in [0.2, 0.25) is 0 Å². The van der Waals surface area contributed by atoms with Gasteiger partial charge in [0.1, 0.15) is 0 Å². The van der Waals surface area contributed by atoms with E-state index in [0.717, 1.165) is 4.43 Å². The van der Waals surface area contributed by atoms with Crippen molar-refractivity contribution in [3.8, 4) is 0 Å². The quantitative estimate of drug-likeness (QED) is 0.424. The highest BCUT2D eigenvalue weighted by molar-refractivity contribution is 14.1. The molecule has 1 nitrogen and oxygen atoms in total. The van der Waals surface area contributed by atoms with Gasteiger partial charge in [0, 0.05) is 17.5 Å². The van der Waals surface area contributed by atoms with Gasteiger partial charge >= 0.3 is 0 Å². The lowest BCUT2D eigenvalue weighted by molar-refractivity contribution is 0.103. The molecule has 0 rings (SSSR count). The summed E-state index contributed by atoms with van der Waals surface area (Å²) >= 11 is 2.39. The standard InChI is InChI=1S/C12H21IO/c1-6-10(3)12(14-5)11(4)7-9(2)8-13/h6-7,11-12H,8H2,1-5H3/b9-7-,10-6+/t11-,12+/m1/s1. The van der Waals surface area contributed by atoms with Crippen LogP contribution < -0.4 is 0 Å². The molecule has 2 heteroatoms. The summed E-state index contributed by atoms with van der Waals surface area (Å²) in [6.07, 6.45) is 4.64. The highest BCUT2D eigenvalue weighted by atomic mass is 127. The van der Waals surface area contributed by atoms with Crippen LogP contribution in [0.1, 0.15) is 27.7 Å². The predicted molar refractivity (Wildman–Crippen MR) is 72.0 cm³/mol. The van der Waals surface area contributed by atoms with Gasteiger partial charge in [-0.25, -0.2) is 0 Å². The summed E-state index contributed by atoms with van der Waals surface area (Å²) < 4.78 is 6.59. The number of hydrogen-bond donors (Lipinski definition) is 0. The number of halogens is 1. The highest BCUT2D eigenvalue weighted by Gasteiger charge is 2.15. The van der Waals surface area contributed by atoms with Crippen molar-refractivity contribution in [2.45, 2.75) is 33.8 Å². The SMILES string of the molecule is C/C=C(\C)[C@H](OC)[C@H](C)/C=C(/C)CI. The fraction of sp³-hybridized carbons (Fsp3) is 0.667. The van der Waals surface area contributed by atoms with Gasteiger partial charge in [-0.3, -0.25) is 0 Å². The van der Waals surface area contributed by atoms with Crippen molar-refractivity contribution >= 4 is 22.6 Å². The summed E-state index contributed by atoms with van der Waals surface area (Å²) in [4.78, 5) is 0. The van der Waals surface area contributed by atoms with Crippen molar-refractivity contribution in [2.24, 2.45) is 5.92 Å². The molecule has 0 heterocycles. The molecule has 2 atom stereocenters. The van der Waals surface area contributed by atoms with Crippen LogP contribution in [-0.2, 0) is 4.74 Å². The summed E-state index contributed by atoms with van der Waals surface area (Å²) in [6, 6.07) is 0. The molecule has 0 saturated heterocycles. The molecule has 0 amide bonds. The highest BCUT2D eigenvalue weighted by Crippen LogP contribution is 2.18. The molecule has 0 aliphatic carbocycles. The maximum atomic E-state index is 5.49. The summed E-state index contributed by atoms with van der Waals surface area (Å²) in [5.41, 5.74) is 2.72. The zero-order valence-electron chi connectivity index (χ0n) is 9.80. The van der Waals surface area contributed by atoms with Gasteiger partial charge < -0.3 is 4.74 Å². The largest absolute Gasteiger partial charge is 0.377 e. The first-order valence-corrected chi connectivity index (χ1v) is 6.48. The second kappa shape index (κ2) is 7.46. The van der Waals surface area contributed by atoms with Gasteiger partial charge in [-0.2, -0.15) is 0 Å². The zero-order valence-corrected chi connectivity index (χ0v) is 12.0. The lowest BCUT2D eigenvalue weighted by Gasteiger charge is -2.21. The fourth-order valence-electron chi connectivity index (χ4n) is 1.56. The van der Waals surface area contributed by atoms with E-state index in [1.165, 1.54) is 11.1 Å². The molecule has 0 spiro atoms. The van der Waals surface area contributed by atoms with Gasteiger partial charge in [-0.05, 0) is 26.3 Å². The number of rotatable bonds is 5. The number of ether oxygens (including phenoxy) is 1. The lowest BCUT2D eigenvalue weighted by Crippen LogP contribution is -2.20. The van der Waals surface area contributed by atoms with Crippen molar-refractivity contribution in [3.05, 3.63) is 23.3 Å². The second-order valence-electron chi connectivity index (χ2n) is 3.69. The van der Waals surface area contributed by atoms with E-state index in [-0.39, 0.29) is 6.10 Å². The average molecular weight is 308 g/mol. The Kier molecular flexibility index (Phi) is 7.55. The van der Waals surface area contributed by atoms with Crippen LogP contribution in [-0.4, -0.2) is 17.6 Å². The van der Waals surface area contributed by atoms with E-state index in [4.69, 9.17) is 4.74 Å². The second-order valence-corrected chi connectivity index (χ2v) is 4.46. The number of alkyl halides is 1. The van der Waals surface area contributed by atoms with E-state index < -0.39 is 0 Å². The Morgan fingerprint density at radius 2 is 2.00 bits per heavy atom. The molecule has 0 fully saturated rings. The number of methoxy groups -OCH3 is 1. The maximum Gasteiger partial charge on any atom is 0.0838 e. The van der Waals surface area contributed by atoms with Crippen molar-refractivity contribution in [3.63, 3.8) is 0 Å². The van der Waals surface area contributed by atoms with Crippen LogP contribution >= 0.6 is 22.6 Å². The van der Waals surface area contributed by atoms with Crippen LogP contribution in [0.15, 0.2) is 23.3 Å². The van der Waals surface area contributed by atoms with Crippen LogP contribution in [0.25, 0.3) is 0 Å². The first-order valence-electron chi connectivity index (χ1n) is 4.95. The van der Waals surface area contributed by atoms with Crippen molar-refractivity contribution in [2.75, 3.05) is 11.5 Å². The van der Waals surface area contributed by atoms with Crippen molar-refractivity contribution in [1.29, 1.82) is 0 Å². The Balaban J connectivity index is 4.55. The first-order chi connectivity index (χ1) is 6.56. The molecular weight excluding hydrogens is 287 g/mol. The first kappa shape index (κ1) is 14.2. The Hall–Kier alpha value is 0.170. The van der Waals surface area contributed by atoms with Gasteiger partial charge in [0.2, 0.25) is 0 Å². The third-order valence-electron chi connectivity index (χ3n) is 2.39. The Bertz CT molecular complexity index is 218. The Morgan fingerprint density at radius 3 is 2.36 bits per heavy atom. The molecule has 0 bridgehead atoms. The minimum absolute atomic E-state index is 0.220. The maximum absolute atomic E-state index is 5.49. The average Bonchev–Trinajstić information content (AvgIpc) is 2.18. The van der Waals surface area contributed by atoms with E-state index >= 15 is 0 Å². The molecule has 0 aliphatic heterocycles. The summed E-state index contributed by atoms with van der Waals surface area (Å²) in [5, 5.41) is 0. The molecule has 0 unspecified atom stereocenters. The minimum atomic E-state index is 0.220. The van der Waals surface area contributed by atoms with Crippen molar-refractivity contribution < 1.29 is 4.74 Å². The summed E-state index contributed by atoms with van der Waals surface area (Å²) in [6.45, 7) is 8.55. The molecule has 0 aromatic carbocycles. The molecule has 0 aliphatic rings. The molecule has 82 valence electrons. The Labute approximate surface area is 102 Å². The van der Waals surface area contributed by atoms with Crippen molar-refractivity contribution in [1.82, 2.24) is 0 Å². The van der Waals surface area contributed by atoms with E-state index in [1.807, 2.05) is 0 Å². The third-order valence-corrected chi connectivity index (χ3v) is 3.60. The summed E-state index contributed by atoms with van der Waals surface area (Å²) in [7, 11) is 1.78. The summed E-state index contributed by atoms with van der Waals surface area (Å²) in [5.74, 6) is 0.450. The molecule has 0 N–H and O–H groups in total. The fourth-order valence-corrected chi connectivity index (χ4v) is 1.81. The monoisotopic (exact) mass is 308 g/mol. The van der Waals surface area contributed by atoms with Gasteiger partial charge in [0.25, 0.3) is 0 Å². The third kappa shape index (κ3) is 4.60. The lowest BCUT2D eigenvalue weighted by atomic mass is 9.96. The number of hydrogen-bond acceptors (Lipinski definition) is 1. The molecule has 14 heavy (non-hydrogen) atoms. The predicted octanol–water partition coefficient (Wildman–Crippen LogP) is 3.99. The number of allylic oxidation sites excluding steroid dienone is 2. The van der Waals surface area contributed by atoms with Crippen LogP contribution in [0.4, 0.5) is 0 Å². The molecule has 0 radical (unpaired) electrons. The van der Waals surface area contributed by atoms with Crippen LogP contribution in [0.3, 0.4) is 0 Å². The smallest absolute Gasteiger partial charge is 0.0838 e. The molecular formula is C12H21IO. The van der Waals surface area contributed by atoms with Crippen LogP contribution in [0.5, 0.6) is 0 Å². The van der Waals surface area contributed by atoms with E-state index in [2.05, 4.69) is 62.4 Å². The minimum Gasteiger partial charge on any atom is -0.377 e. The van der Waals surface area contributed by atoms with Crippen LogP contribution in [0, 0.1) is 5.92 Å². The topological polar surface area (TPSA) is 9.23 Å². The van der Waals surface area contributed by atoms with E-state index in [1.54, 1.807) is 7.11 Å². The molecule has 0 saturated carbocycles. The van der Waals surface area contributed by atoms with E-state index in [9.17, 15) is 0 Å².